The largest absolute Gasteiger partial charge is 0.346 e. The average Bonchev–Trinajstić information content (AvgIpc) is 3.22. The number of hydrogen-bond acceptors (Lipinski definition) is 5. The molecule has 0 bridgehead atoms. The molecule has 0 saturated heterocycles. The lowest BCUT2D eigenvalue weighted by Gasteiger charge is -2.13. The molecule has 152 valence electrons. The molecule has 0 aliphatic rings. The van der Waals surface area contributed by atoms with E-state index in [-0.39, 0.29) is 5.91 Å². The monoisotopic (exact) mass is 410 g/mol. The van der Waals surface area contributed by atoms with Crippen LogP contribution in [-0.2, 0) is 12.8 Å². The molecule has 3 rings (SSSR count). The summed E-state index contributed by atoms with van der Waals surface area (Å²) in [7, 11) is 1.91. The Morgan fingerprint density at radius 2 is 2.00 bits per heavy atom. The molecule has 1 N–H and O–H groups in total. The molecule has 7 nitrogen and oxygen atoms in total. The fourth-order valence-electron chi connectivity index (χ4n) is 3.26. The highest BCUT2D eigenvalue weighted by Crippen LogP contribution is 2.20. The molecule has 3 aromatic rings. The second-order valence-electron chi connectivity index (χ2n) is 7.20. The summed E-state index contributed by atoms with van der Waals surface area (Å²) < 4.78 is 4.13. The first-order valence-electron chi connectivity index (χ1n) is 9.44. The van der Waals surface area contributed by atoms with E-state index >= 15 is 0 Å². The summed E-state index contributed by atoms with van der Waals surface area (Å²) in [4.78, 5) is 12.3. The quantitative estimate of drug-likeness (QED) is 0.364. The van der Waals surface area contributed by atoms with Crippen LogP contribution in [0.2, 0.25) is 0 Å². The fourth-order valence-corrected chi connectivity index (χ4v) is 4.10. The van der Waals surface area contributed by atoms with Crippen molar-refractivity contribution in [1.82, 2.24) is 24.8 Å². The minimum Gasteiger partial charge on any atom is -0.346 e. The van der Waals surface area contributed by atoms with Crippen LogP contribution in [0, 0.1) is 13.8 Å². The number of hydrogen-bond donors (Lipinski definition) is 1. The van der Waals surface area contributed by atoms with E-state index < -0.39 is 0 Å². The Hall–Kier alpha value is -2.87. The van der Waals surface area contributed by atoms with Crippen LogP contribution in [0.1, 0.15) is 52.8 Å². The molecule has 2 heterocycles. The second-order valence-corrected chi connectivity index (χ2v) is 8.14. The van der Waals surface area contributed by atoms with Gasteiger partial charge in [0.25, 0.3) is 5.91 Å². The number of nitrogens with zero attached hydrogens (tertiary/aromatic N) is 5. The number of amides is 1. The van der Waals surface area contributed by atoms with Gasteiger partial charge in [0.05, 0.1) is 6.21 Å². The molecular formula is C21H26N6OS. The number of hydrazone groups is 1. The van der Waals surface area contributed by atoms with Gasteiger partial charge in [0.2, 0.25) is 0 Å². The number of benzene rings is 1. The maximum absolute atomic E-state index is 12.3. The molecule has 0 atom stereocenters. The SMILES string of the molecule is Cc1cc(/C=N\NC(=O)c2ccc(CSc3nncn3C)cc2)c(C)n1C(C)C. The Balaban J connectivity index is 1.58. The Morgan fingerprint density at radius 3 is 2.59 bits per heavy atom. The zero-order valence-corrected chi connectivity index (χ0v) is 18.2. The van der Waals surface area contributed by atoms with Crippen molar-refractivity contribution in [3.8, 4) is 0 Å². The third-order valence-electron chi connectivity index (χ3n) is 4.66. The number of rotatable bonds is 7. The first-order valence-corrected chi connectivity index (χ1v) is 10.4. The first kappa shape index (κ1) is 20.9. The second kappa shape index (κ2) is 9.09. The van der Waals surface area contributed by atoms with E-state index in [9.17, 15) is 4.79 Å². The van der Waals surface area contributed by atoms with Gasteiger partial charge in [-0.1, -0.05) is 23.9 Å². The van der Waals surface area contributed by atoms with Gasteiger partial charge in [-0.25, -0.2) is 5.43 Å². The maximum atomic E-state index is 12.3. The predicted octanol–water partition coefficient (Wildman–Crippen LogP) is 3.87. The highest BCUT2D eigenvalue weighted by Gasteiger charge is 2.10. The lowest BCUT2D eigenvalue weighted by atomic mass is 10.1. The molecule has 0 saturated carbocycles. The Bertz CT molecular complexity index is 1020. The van der Waals surface area contributed by atoms with Crippen LogP contribution in [0.25, 0.3) is 0 Å². The zero-order valence-electron chi connectivity index (χ0n) is 17.4. The third kappa shape index (κ3) is 4.95. The van der Waals surface area contributed by atoms with Crippen molar-refractivity contribution in [3.05, 3.63) is 64.7 Å². The molecule has 0 radical (unpaired) electrons. The highest BCUT2D eigenvalue weighted by atomic mass is 32.2. The molecule has 0 unspecified atom stereocenters. The van der Waals surface area contributed by atoms with Gasteiger partial charge in [0.15, 0.2) is 5.16 Å². The van der Waals surface area contributed by atoms with Crippen molar-refractivity contribution in [3.63, 3.8) is 0 Å². The number of nitrogens with one attached hydrogen (secondary N) is 1. The Kier molecular flexibility index (Phi) is 6.53. The average molecular weight is 411 g/mol. The molecule has 0 spiro atoms. The molecule has 0 aliphatic heterocycles. The highest BCUT2D eigenvalue weighted by molar-refractivity contribution is 7.98. The number of carbonyl (C=O) groups is 1. The van der Waals surface area contributed by atoms with E-state index in [4.69, 9.17) is 0 Å². The molecule has 29 heavy (non-hydrogen) atoms. The van der Waals surface area contributed by atoms with Crippen LogP contribution in [-0.4, -0.2) is 31.5 Å². The van der Waals surface area contributed by atoms with Gasteiger partial charge < -0.3 is 9.13 Å². The van der Waals surface area contributed by atoms with Crippen LogP contribution in [0.15, 0.2) is 46.9 Å². The number of aryl methyl sites for hydroxylation is 2. The van der Waals surface area contributed by atoms with Crippen molar-refractivity contribution < 1.29 is 4.79 Å². The van der Waals surface area contributed by atoms with Gasteiger partial charge >= 0.3 is 0 Å². The Morgan fingerprint density at radius 1 is 1.28 bits per heavy atom. The Labute approximate surface area is 175 Å². The maximum Gasteiger partial charge on any atom is 0.271 e. The number of aromatic nitrogens is 4. The normalized spacial score (nSPS) is 11.5. The summed E-state index contributed by atoms with van der Waals surface area (Å²) in [5.74, 6) is 0.532. The van der Waals surface area contributed by atoms with Crippen LogP contribution >= 0.6 is 11.8 Å². The van der Waals surface area contributed by atoms with Crippen LogP contribution in [0.3, 0.4) is 0 Å². The summed E-state index contributed by atoms with van der Waals surface area (Å²) in [5, 5.41) is 12.9. The van der Waals surface area contributed by atoms with Gasteiger partial charge in [0, 0.05) is 41.4 Å². The molecule has 2 aromatic heterocycles. The van der Waals surface area contributed by atoms with E-state index in [1.165, 1.54) is 5.69 Å². The van der Waals surface area contributed by atoms with Crippen molar-refractivity contribution in [2.45, 2.75) is 44.6 Å². The molecular weight excluding hydrogens is 384 g/mol. The smallest absolute Gasteiger partial charge is 0.271 e. The first-order chi connectivity index (χ1) is 13.9. The van der Waals surface area contributed by atoms with Crippen LogP contribution < -0.4 is 5.43 Å². The number of carbonyl (C=O) groups excluding carboxylic acids is 1. The molecule has 0 fully saturated rings. The molecule has 0 aliphatic carbocycles. The molecule has 8 heteroatoms. The van der Waals surface area contributed by atoms with E-state index in [0.717, 1.165) is 27.7 Å². The van der Waals surface area contributed by atoms with E-state index in [2.05, 4.69) is 59.1 Å². The number of thioether (sulfide) groups is 1. The summed E-state index contributed by atoms with van der Waals surface area (Å²) in [5.41, 5.74) is 7.62. The summed E-state index contributed by atoms with van der Waals surface area (Å²) in [6, 6.07) is 9.96. The van der Waals surface area contributed by atoms with Gasteiger partial charge in [0.1, 0.15) is 6.33 Å². The minimum atomic E-state index is -0.230. The lowest BCUT2D eigenvalue weighted by molar-refractivity contribution is 0.0955. The zero-order chi connectivity index (χ0) is 21.0. The summed E-state index contributed by atoms with van der Waals surface area (Å²) >= 11 is 1.60. The molecule has 1 amide bonds. The van der Waals surface area contributed by atoms with Crippen molar-refractivity contribution in [2.24, 2.45) is 12.1 Å². The summed E-state index contributed by atoms with van der Waals surface area (Å²) in [6.45, 7) is 8.44. The lowest BCUT2D eigenvalue weighted by Crippen LogP contribution is -2.17. The summed E-state index contributed by atoms with van der Waals surface area (Å²) in [6.07, 6.45) is 3.38. The van der Waals surface area contributed by atoms with Crippen LogP contribution in [0.5, 0.6) is 0 Å². The van der Waals surface area contributed by atoms with Gasteiger partial charge in [-0.05, 0) is 51.5 Å². The van der Waals surface area contributed by atoms with Crippen molar-refractivity contribution >= 4 is 23.9 Å². The van der Waals surface area contributed by atoms with Gasteiger partial charge in [-0.15, -0.1) is 10.2 Å². The van der Waals surface area contributed by atoms with Crippen LogP contribution in [0.4, 0.5) is 0 Å². The topological polar surface area (TPSA) is 77.1 Å². The van der Waals surface area contributed by atoms with E-state index in [1.807, 2.05) is 35.9 Å². The van der Waals surface area contributed by atoms with E-state index in [1.54, 1.807) is 24.3 Å². The van der Waals surface area contributed by atoms with Gasteiger partial charge in [-0.2, -0.15) is 5.10 Å². The van der Waals surface area contributed by atoms with Crippen molar-refractivity contribution in [1.29, 1.82) is 0 Å². The molecule has 1 aromatic carbocycles. The minimum absolute atomic E-state index is 0.230. The van der Waals surface area contributed by atoms with E-state index in [0.29, 0.717) is 11.6 Å². The van der Waals surface area contributed by atoms with Crippen molar-refractivity contribution in [2.75, 3.05) is 0 Å². The third-order valence-corrected chi connectivity index (χ3v) is 5.77. The standard InChI is InChI=1S/C21H26N6OS/c1-14(2)27-15(3)10-19(16(27)4)11-22-24-20(28)18-8-6-17(7-9-18)12-29-21-25-23-13-26(21)5/h6-11,13-14H,12H2,1-5H3,(H,24,28)/b22-11-. The predicted molar refractivity (Wildman–Crippen MR) is 116 cm³/mol. The fraction of sp³-hybridized carbons (Fsp3) is 0.333. The van der Waals surface area contributed by atoms with Gasteiger partial charge in [-0.3, -0.25) is 4.79 Å².